The molecule has 0 aromatic heterocycles. The lowest BCUT2D eigenvalue weighted by Gasteiger charge is -2.07. The highest BCUT2D eigenvalue weighted by molar-refractivity contribution is 5.93. The van der Waals surface area contributed by atoms with Crippen molar-refractivity contribution in [2.24, 2.45) is 5.16 Å². The summed E-state index contributed by atoms with van der Waals surface area (Å²) in [6.07, 6.45) is 1.38. The Kier molecular flexibility index (Phi) is 7.24. The molecule has 1 N–H and O–H groups in total. The number of benzene rings is 2. The van der Waals surface area contributed by atoms with Crippen molar-refractivity contribution in [1.29, 1.82) is 0 Å². The number of carbonyl (C=O) groups is 2. The van der Waals surface area contributed by atoms with Gasteiger partial charge in [-0.1, -0.05) is 5.16 Å². The van der Waals surface area contributed by atoms with Crippen LogP contribution in [-0.2, 0) is 19.2 Å². The number of amides is 1. The molecule has 0 atom stereocenters. The molecule has 142 valence electrons. The van der Waals surface area contributed by atoms with Gasteiger partial charge in [0.2, 0.25) is 6.61 Å². The van der Waals surface area contributed by atoms with Crippen LogP contribution in [0.2, 0.25) is 0 Å². The Morgan fingerprint density at radius 2 is 1.85 bits per heavy atom. The Morgan fingerprint density at radius 1 is 1.11 bits per heavy atom. The van der Waals surface area contributed by atoms with Gasteiger partial charge in [0.05, 0.1) is 19.0 Å². The van der Waals surface area contributed by atoms with Crippen LogP contribution in [0.1, 0.15) is 5.56 Å². The van der Waals surface area contributed by atoms with Crippen LogP contribution in [0.4, 0.5) is 14.5 Å². The molecule has 0 fully saturated rings. The first-order valence-corrected chi connectivity index (χ1v) is 7.68. The van der Waals surface area contributed by atoms with Gasteiger partial charge in [-0.2, -0.15) is 0 Å². The number of hydrogen-bond acceptors (Lipinski definition) is 6. The predicted molar refractivity (Wildman–Crippen MR) is 92.5 cm³/mol. The summed E-state index contributed by atoms with van der Waals surface area (Å²) in [7, 11) is 1.55. The van der Waals surface area contributed by atoms with Crippen molar-refractivity contribution in [1.82, 2.24) is 0 Å². The third-order valence-electron chi connectivity index (χ3n) is 3.14. The second-order valence-electron chi connectivity index (χ2n) is 5.11. The fourth-order valence-corrected chi connectivity index (χ4v) is 1.85. The van der Waals surface area contributed by atoms with E-state index in [9.17, 15) is 18.4 Å². The highest BCUT2D eigenvalue weighted by atomic mass is 19.1. The number of halogens is 2. The minimum atomic E-state index is -0.850. The lowest BCUT2D eigenvalue weighted by atomic mass is 10.2. The lowest BCUT2D eigenvalue weighted by molar-refractivity contribution is -0.151. The highest BCUT2D eigenvalue weighted by Gasteiger charge is 2.11. The van der Waals surface area contributed by atoms with E-state index in [-0.39, 0.29) is 5.69 Å². The van der Waals surface area contributed by atoms with Crippen LogP contribution >= 0.6 is 0 Å². The number of oxime groups is 1. The molecule has 0 aliphatic carbocycles. The molecule has 27 heavy (non-hydrogen) atoms. The summed E-state index contributed by atoms with van der Waals surface area (Å²) in [6, 6.07) is 9.53. The van der Waals surface area contributed by atoms with Gasteiger partial charge in [-0.05, 0) is 42.0 Å². The summed E-state index contributed by atoms with van der Waals surface area (Å²) in [5, 5.41) is 5.69. The van der Waals surface area contributed by atoms with E-state index in [0.29, 0.717) is 5.75 Å². The predicted octanol–water partition coefficient (Wildman–Crippen LogP) is 2.51. The largest absolute Gasteiger partial charge is 0.497 e. The van der Waals surface area contributed by atoms with Crippen molar-refractivity contribution in [3.05, 3.63) is 59.7 Å². The summed E-state index contributed by atoms with van der Waals surface area (Å²) < 4.78 is 36.0. The Morgan fingerprint density at radius 3 is 2.56 bits per heavy atom. The average Bonchev–Trinajstić information content (AvgIpc) is 2.67. The normalized spacial score (nSPS) is 10.5. The smallest absolute Gasteiger partial charge is 0.347 e. The van der Waals surface area contributed by atoms with Gasteiger partial charge in [0, 0.05) is 6.07 Å². The van der Waals surface area contributed by atoms with Gasteiger partial charge < -0.3 is 19.6 Å². The van der Waals surface area contributed by atoms with Gasteiger partial charge >= 0.3 is 5.97 Å². The van der Waals surface area contributed by atoms with Gasteiger partial charge in [0.1, 0.15) is 17.4 Å². The standard InChI is InChI=1S/C18H16F2N2O5/c1-25-14-5-2-12(3-6-14)9-21-27-11-18(24)26-10-17(23)22-16-8-13(19)4-7-15(16)20/h2-9H,10-11H2,1H3,(H,22,23)/b21-9-. The summed E-state index contributed by atoms with van der Waals surface area (Å²) in [4.78, 5) is 27.8. The van der Waals surface area contributed by atoms with Crippen LogP contribution in [0.5, 0.6) is 5.75 Å². The molecule has 2 aromatic carbocycles. The summed E-state index contributed by atoms with van der Waals surface area (Å²) in [6.45, 7) is -1.20. The Balaban J connectivity index is 1.70. The summed E-state index contributed by atoms with van der Waals surface area (Å²) in [5.41, 5.74) is 0.372. The molecule has 0 radical (unpaired) electrons. The van der Waals surface area contributed by atoms with E-state index >= 15 is 0 Å². The number of methoxy groups -OCH3 is 1. The number of rotatable bonds is 8. The SMILES string of the molecule is COc1ccc(/C=N\OCC(=O)OCC(=O)Nc2cc(F)ccc2F)cc1. The van der Waals surface area contributed by atoms with Crippen molar-refractivity contribution >= 4 is 23.8 Å². The van der Waals surface area contributed by atoms with Crippen LogP contribution in [0.25, 0.3) is 0 Å². The van der Waals surface area contributed by atoms with E-state index < -0.39 is 36.7 Å². The van der Waals surface area contributed by atoms with Crippen molar-refractivity contribution in [2.75, 3.05) is 25.6 Å². The molecule has 9 heteroatoms. The molecule has 2 aromatic rings. The lowest BCUT2D eigenvalue weighted by Crippen LogP contribution is -2.23. The van der Waals surface area contributed by atoms with Gasteiger partial charge in [-0.3, -0.25) is 4.79 Å². The molecule has 0 saturated carbocycles. The maximum absolute atomic E-state index is 13.4. The van der Waals surface area contributed by atoms with Crippen molar-refractivity contribution < 1.29 is 32.7 Å². The van der Waals surface area contributed by atoms with E-state index in [1.54, 1.807) is 31.4 Å². The zero-order chi connectivity index (χ0) is 19.6. The maximum atomic E-state index is 13.4. The number of nitrogens with zero attached hydrogens (tertiary/aromatic N) is 1. The van der Waals surface area contributed by atoms with Gasteiger partial charge in [-0.15, -0.1) is 0 Å². The topological polar surface area (TPSA) is 86.2 Å². The first-order chi connectivity index (χ1) is 13.0. The average molecular weight is 378 g/mol. The molecule has 0 aliphatic rings. The number of anilines is 1. The van der Waals surface area contributed by atoms with Crippen LogP contribution in [-0.4, -0.2) is 38.4 Å². The van der Waals surface area contributed by atoms with Gasteiger partial charge in [0.15, 0.2) is 6.61 Å². The highest BCUT2D eigenvalue weighted by Crippen LogP contribution is 2.15. The molecular formula is C18H16F2N2O5. The van der Waals surface area contributed by atoms with Crippen molar-refractivity contribution in [2.45, 2.75) is 0 Å². The van der Waals surface area contributed by atoms with E-state index in [1.165, 1.54) is 6.21 Å². The van der Waals surface area contributed by atoms with Crippen LogP contribution in [0.3, 0.4) is 0 Å². The first-order valence-electron chi connectivity index (χ1n) is 7.68. The second kappa shape index (κ2) is 9.85. The zero-order valence-electron chi connectivity index (χ0n) is 14.3. The molecule has 2 rings (SSSR count). The van der Waals surface area contributed by atoms with Crippen LogP contribution in [0, 0.1) is 11.6 Å². The minimum absolute atomic E-state index is 0.351. The summed E-state index contributed by atoms with van der Waals surface area (Å²) in [5.74, 6) is -2.52. The third kappa shape index (κ3) is 6.73. The van der Waals surface area contributed by atoms with Crippen molar-refractivity contribution in [3.63, 3.8) is 0 Å². The molecule has 1 amide bonds. The molecule has 0 bridgehead atoms. The fraction of sp³-hybridized carbons (Fsp3) is 0.167. The van der Waals surface area contributed by atoms with Crippen LogP contribution < -0.4 is 10.1 Å². The Labute approximate surface area is 153 Å². The molecule has 0 spiro atoms. The monoisotopic (exact) mass is 378 g/mol. The minimum Gasteiger partial charge on any atom is -0.497 e. The van der Waals surface area contributed by atoms with Gasteiger partial charge in [0.25, 0.3) is 5.91 Å². The first kappa shape index (κ1) is 19.8. The molecule has 7 nitrogen and oxygen atoms in total. The van der Waals surface area contributed by atoms with E-state index in [2.05, 4.69) is 15.2 Å². The van der Waals surface area contributed by atoms with E-state index in [1.807, 2.05) is 0 Å². The molecule has 0 saturated heterocycles. The number of esters is 1. The van der Waals surface area contributed by atoms with E-state index in [4.69, 9.17) is 9.57 Å². The zero-order valence-corrected chi connectivity index (χ0v) is 14.3. The number of ether oxygens (including phenoxy) is 2. The molecule has 0 heterocycles. The number of carbonyl (C=O) groups excluding carboxylic acids is 2. The number of nitrogens with one attached hydrogen (secondary N) is 1. The van der Waals surface area contributed by atoms with Crippen molar-refractivity contribution in [3.8, 4) is 5.75 Å². The summed E-state index contributed by atoms with van der Waals surface area (Å²) >= 11 is 0. The van der Waals surface area contributed by atoms with Gasteiger partial charge in [-0.25, -0.2) is 13.6 Å². The molecule has 0 unspecified atom stereocenters. The molecule has 0 aliphatic heterocycles. The Bertz CT molecular complexity index is 825. The van der Waals surface area contributed by atoms with Crippen LogP contribution in [0.15, 0.2) is 47.6 Å². The second-order valence-corrected chi connectivity index (χ2v) is 5.11. The fourth-order valence-electron chi connectivity index (χ4n) is 1.85. The Hall–Kier alpha value is -3.49. The third-order valence-corrected chi connectivity index (χ3v) is 3.14. The quantitative estimate of drug-likeness (QED) is 0.433. The molecular weight excluding hydrogens is 362 g/mol. The van der Waals surface area contributed by atoms with E-state index in [0.717, 1.165) is 23.8 Å². The number of hydrogen-bond donors (Lipinski definition) is 1. The maximum Gasteiger partial charge on any atom is 0.347 e.